The van der Waals surface area contributed by atoms with Crippen LogP contribution in [0.4, 0.5) is 5.69 Å². The summed E-state index contributed by atoms with van der Waals surface area (Å²) in [7, 11) is 0. The van der Waals surface area contributed by atoms with E-state index in [4.69, 9.17) is 0 Å². The fourth-order valence-corrected chi connectivity index (χ4v) is 4.71. The molecule has 28 heavy (non-hydrogen) atoms. The van der Waals surface area contributed by atoms with Crippen molar-refractivity contribution in [1.82, 2.24) is 0 Å². The fraction of sp³-hybridized carbons (Fsp3) is 0.458. The summed E-state index contributed by atoms with van der Waals surface area (Å²) in [6, 6.07) is 16.8. The van der Waals surface area contributed by atoms with Crippen molar-refractivity contribution in [3.63, 3.8) is 0 Å². The molecule has 1 aliphatic rings. The molecule has 1 amide bonds. The van der Waals surface area contributed by atoms with E-state index < -0.39 is 0 Å². The van der Waals surface area contributed by atoms with Gasteiger partial charge in [-0.3, -0.25) is 4.79 Å². The van der Waals surface area contributed by atoms with Gasteiger partial charge in [0, 0.05) is 17.7 Å². The average molecular weight is 445 g/mol. The molecule has 0 radical (unpaired) electrons. The predicted molar refractivity (Wildman–Crippen MR) is 113 cm³/mol. The normalized spacial score (nSPS) is 16.7. The van der Waals surface area contributed by atoms with E-state index in [1.807, 2.05) is 6.07 Å². The minimum atomic E-state index is -0.00971. The molecule has 2 aromatic carbocycles. The summed E-state index contributed by atoms with van der Waals surface area (Å²) in [5.74, 6) is 0.174. The van der Waals surface area contributed by atoms with Crippen LogP contribution in [-0.4, -0.2) is 29.5 Å². The number of aryl methyl sites for hydroxylation is 2. The third-order valence-corrected chi connectivity index (χ3v) is 6.13. The summed E-state index contributed by atoms with van der Waals surface area (Å²) < 4.78 is 0.886. The molecular weight excluding hydrogens is 412 g/mol. The molecule has 0 spiro atoms. The van der Waals surface area contributed by atoms with Crippen molar-refractivity contribution in [3.8, 4) is 0 Å². The lowest BCUT2D eigenvalue weighted by Gasteiger charge is -2.46. The number of halogens is 1. The molecule has 152 valence electrons. The molecular formula is C24H33BrN2O. The molecule has 0 aromatic heterocycles. The van der Waals surface area contributed by atoms with E-state index in [0.29, 0.717) is 0 Å². The summed E-state index contributed by atoms with van der Waals surface area (Å²) in [4.78, 5) is 13.4. The maximum absolute atomic E-state index is 13.4. The molecule has 1 aliphatic heterocycles. The van der Waals surface area contributed by atoms with Crippen LogP contribution < -0.4 is 22.3 Å². The van der Waals surface area contributed by atoms with Crippen LogP contribution in [0, 0.1) is 13.8 Å². The number of rotatable bonds is 6. The monoisotopic (exact) mass is 444 g/mol. The number of benzene rings is 2. The minimum Gasteiger partial charge on any atom is -1.00 e. The highest BCUT2D eigenvalue weighted by Crippen LogP contribution is 2.30. The third-order valence-electron chi connectivity index (χ3n) is 6.13. The van der Waals surface area contributed by atoms with Crippen LogP contribution in [-0.2, 0) is 11.3 Å². The molecule has 4 heteroatoms. The zero-order valence-corrected chi connectivity index (χ0v) is 19.0. The third kappa shape index (κ3) is 5.03. The van der Waals surface area contributed by atoms with Crippen molar-refractivity contribution >= 4 is 11.6 Å². The Kier molecular flexibility index (Phi) is 8.26. The summed E-state index contributed by atoms with van der Waals surface area (Å²) in [6.07, 6.45) is 4.56. The van der Waals surface area contributed by atoms with Crippen LogP contribution in [0.5, 0.6) is 0 Å². The Hall–Kier alpha value is -1.65. The largest absolute Gasteiger partial charge is 1.00 e. The van der Waals surface area contributed by atoms with Gasteiger partial charge in [0.1, 0.15) is 6.54 Å². The van der Waals surface area contributed by atoms with Crippen LogP contribution in [0.15, 0.2) is 48.5 Å². The minimum absolute atomic E-state index is 0. The highest BCUT2D eigenvalue weighted by atomic mass is 79.9. The average Bonchev–Trinajstić information content (AvgIpc) is 2.67. The van der Waals surface area contributed by atoms with E-state index in [1.54, 1.807) is 0 Å². The number of nitrogens with zero attached hydrogens (tertiary/aromatic N) is 1. The summed E-state index contributed by atoms with van der Waals surface area (Å²) in [5.41, 5.74) is 4.58. The molecule has 2 aromatic rings. The lowest BCUT2D eigenvalue weighted by Crippen LogP contribution is -3.00. The van der Waals surface area contributed by atoms with Gasteiger partial charge in [-0.25, -0.2) is 0 Å². The Morgan fingerprint density at radius 2 is 1.57 bits per heavy atom. The van der Waals surface area contributed by atoms with Crippen LogP contribution in [0.2, 0.25) is 0 Å². The first-order valence-corrected chi connectivity index (χ1v) is 10.3. The zero-order chi connectivity index (χ0) is 19.3. The lowest BCUT2D eigenvalue weighted by molar-refractivity contribution is -0.959. The van der Waals surface area contributed by atoms with Crippen molar-refractivity contribution in [2.24, 2.45) is 0 Å². The van der Waals surface area contributed by atoms with Gasteiger partial charge in [0.2, 0.25) is 0 Å². The van der Waals surface area contributed by atoms with Crippen LogP contribution in [0.1, 0.15) is 49.3 Å². The highest BCUT2D eigenvalue weighted by molar-refractivity contribution is 5.95. The molecule has 1 N–H and O–H groups in total. The fourth-order valence-electron chi connectivity index (χ4n) is 4.71. The molecule has 0 saturated carbocycles. The lowest BCUT2D eigenvalue weighted by atomic mass is 9.98. The molecule has 1 unspecified atom stereocenters. The van der Waals surface area contributed by atoms with Gasteiger partial charge in [0.25, 0.3) is 5.91 Å². The summed E-state index contributed by atoms with van der Waals surface area (Å²) in [5, 5.41) is 3.28. The number of piperidine rings is 1. The van der Waals surface area contributed by atoms with Crippen molar-refractivity contribution in [1.29, 1.82) is 0 Å². The molecule has 1 saturated heterocycles. The summed E-state index contributed by atoms with van der Waals surface area (Å²) in [6.45, 7) is 9.42. The summed E-state index contributed by atoms with van der Waals surface area (Å²) >= 11 is 0. The number of likely N-dealkylation sites (tertiary alicyclic amines) is 1. The molecule has 0 bridgehead atoms. The van der Waals surface area contributed by atoms with Gasteiger partial charge in [0.15, 0.2) is 6.04 Å². The van der Waals surface area contributed by atoms with E-state index >= 15 is 0 Å². The van der Waals surface area contributed by atoms with E-state index in [0.717, 1.165) is 47.4 Å². The van der Waals surface area contributed by atoms with Crippen molar-refractivity contribution in [2.45, 2.75) is 59.0 Å². The van der Waals surface area contributed by atoms with Crippen LogP contribution in [0.25, 0.3) is 0 Å². The van der Waals surface area contributed by atoms with E-state index in [1.165, 1.54) is 24.8 Å². The van der Waals surface area contributed by atoms with Crippen molar-refractivity contribution < 1.29 is 26.3 Å². The Morgan fingerprint density at radius 1 is 0.964 bits per heavy atom. The smallest absolute Gasteiger partial charge is 0.282 e. The molecule has 1 atom stereocenters. The van der Waals surface area contributed by atoms with Gasteiger partial charge in [-0.05, 0) is 44.2 Å². The second kappa shape index (κ2) is 10.2. The van der Waals surface area contributed by atoms with Gasteiger partial charge in [0.05, 0.1) is 13.1 Å². The van der Waals surface area contributed by atoms with Crippen molar-refractivity contribution in [3.05, 3.63) is 65.2 Å². The van der Waals surface area contributed by atoms with Gasteiger partial charge in [-0.1, -0.05) is 55.5 Å². The molecule has 3 rings (SSSR count). The molecule has 1 heterocycles. The number of carbonyl (C=O) groups is 1. The second-order valence-electron chi connectivity index (χ2n) is 8.05. The first-order chi connectivity index (χ1) is 13.1. The maximum Gasteiger partial charge on any atom is 0.282 e. The number of quaternary nitrogens is 1. The second-order valence-corrected chi connectivity index (χ2v) is 8.05. The number of nitrogens with one attached hydrogen (secondary N) is 1. The van der Waals surface area contributed by atoms with Gasteiger partial charge >= 0.3 is 0 Å². The number of para-hydroxylation sites is 1. The molecule has 1 fully saturated rings. The Bertz CT molecular complexity index is 749. The number of hydrogen-bond acceptors (Lipinski definition) is 1. The molecule has 3 nitrogen and oxygen atoms in total. The first kappa shape index (κ1) is 22.6. The number of amides is 1. The van der Waals surface area contributed by atoms with Gasteiger partial charge in [-0.15, -0.1) is 0 Å². The van der Waals surface area contributed by atoms with Crippen molar-refractivity contribution in [2.75, 3.05) is 18.4 Å². The molecule has 0 aliphatic carbocycles. The van der Waals surface area contributed by atoms with Gasteiger partial charge < -0.3 is 26.8 Å². The number of carbonyl (C=O) groups excluding carboxylic acids is 1. The topological polar surface area (TPSA) is 29.1 Å². The highest BCUT2D eigenvalue weighted by Gasteiger charge is 2.41. The van der Waals surface area contributed by atoms with E-state index in [-0.39, 0.29) is 28.9 Å². The van der Waals surface area contributed by atoms with E-state index in [2.05, 4.69) is 68.6 Å². The van der Waals surface area contributed by atoms with E-state index in [9.17, 15) is 4.79 Å². The standard InChI is InChI=1S/C24H32N2O.BrH/c1-4-22(24(27)25-23-19(2)12-11-13-20(23)3)26(16-9-6-10-17-26)18-21-14-7-5-8-15-21;/h5,7-8,11-15,22H,4,6,9-10,16-18H2,1-3H3;1H. The number of anilines is 1. The Balaban J connectivity index is 0.00000280. The van der Waals surface area contributed by atoms with Crippen LogP contribution in [0.3, 0.4) is 0 Å². The Labute approximate surface area is 180 Å². The zero-order valence-electron chi connectivity index (χ0n) is 17.4. The predicted octanol–water partition coefficient (Wildman–Crippen LogP) is 2.23. The SMILES string of the molecule is CCC(C(=O)Nc1c(C)cccc1C)[N+]1(Cc2ccccc2)CCCCC1.[Br-]. The quantitative estimate of drug-likeness (QED) is 0.679. The Morgan fingerprint density at radius 3 is 2.14 bits per heavy atom. The first-order valence-electron chi connectivity index (χ1n) is 10.3. The van der Waals surface area contributed by atoms with Gasteiger partial charge in [-0.2, -0.15) is 0 Å². The maximum atomic E-state index is 13.4. The number of hydrogen-bond donors (Lipinski definition) is 1. The van der Waals surface area contributed by atoms with Crippen LogP contribution >= 0.6 is 0 Å².